The van der Waals surface area contributed by atoms with Gasteiger partial charge in [-0.25, -0.2) is 0 Å². The summed E-state index contributed by atoms with van der Waals surface area (Å²) in [5.74, 6) is 2.01. The molecule has 0 aromatic heterocycles. The zero-order valence-corrected chi connectivity index (χ0v) is 18.0. The van der Waals surface area contributed by atoms with Gasteiger partial charge in [-0.15, -0.1) is 0 Å². The molecule has 0 spiro atoms. The van der Waals surface area contributed by atoms with E-state index in [0.717, 1.165) is 51.1 Å². The van der Waals surface area contributed by atoms with Crippen molar-refractivity contribution < 1.29 is 0 Å². The highest BCUT2D eigenvalue weighted by molar-refractivity contribution is 4.76. The number of nitrogens with one attached hydrogen (secondary N) is 1. The largest absolute Gasteiger partial charge is 0.329 e. The van der Waals surface area contributed by atoms with Crippen molar-refractivity contribution in [2.75, 3.05) is 39.3 Å². The van der Waals surface area contributed by atoms with Gasteiger partial charge in [0, 0.05) is 45.3 Å². The molecule has 2 saturated carbocycles. The van der Waals surface area contributed by atoms with E-state index >= 15 is 0 Å². The predicted octanol–water partition coefficient (Wildman–Crippen LogP) is 3.89. The smallest absolute Gasteiger partial charge is 0.0108 e. The van der Waals surface area contributed by atoms with E-state index in [-0.39, 0.29) is 0 Å². The van der Waals surface area contributed by atoms with E-state index in [4.69, 9.17) is 11.5 Å². The molecule has 0 amide bonds. The van der Waals surface area contributed by atoms with Crippen LogP contribution in [-0.4, -0.2) is 50.2 Å². The van der Waals surface area contributed by atoms with Crippen LogP contribution in [0.15, 0.2) is 0 Å². The lowest BCUT2D eigenvalue weighted by Gasteiger charge is -2.28. The summed E-state index contributed by atoms with van der Waals surface area (Å²) in [6.45, 7) is 5.55. The molecule has 0 saturated heterocycles. The van der Waals surface area contributed by atoms with E-state index in [1.807, 2.05) is 0 Å². The lowest BCUT2D eigenvalue weighted by molar-refractivity contribution is 0.260. The molecule has 0 heterocycles. The molecule has 2 fully saturated rings. The summed E-state index contributed by atoms with van der Waals surface area (Å²) in [6.07, 6.45) is 20.4. The first kappa shape index (κ1) is 23.1. The molecule has 2 aliphatic carbocycles. The van der Waals surface area contributed by atoms with E-state index < -0.39 is 0 Å². The van der Waals surface area contributed by atoms with Crippen molar-refractivity contribution in [2.24, 2.45) is 23.3 Å². The summed E-state index contributed by atoms with van der Waals surface area (Å²) in [6, 6.07) is 0.714. The fourth-order valence-corrected chi connectivity index (χ4v) is 5.30. The molecular formula is C23H48N4. The van der Waals surface area contributed by atoms with E-state index in [1.54, 1.807) is 0 Å². The Labute approximate surface area is 169 Å². The minimum absolute atomic E-state index is 0.714. The average Bonchev–Trinajstić information content (AvgIpc) is 2.71. The molecule has 2 aliphatic rings. The second kappa shape index (κ2) is 14.8. The van der Waals surface area contributed by atoms with Crippen LogP contribution in [0.3, 0.4) is 0 Å². The van der Waals surface area contributed by atoms with Crippen LogP contribution in [-0.2, 0) is 0 Å². The minimum atomic E-state index is 0.714. The van der Waals surface area contributed by atoms with Crippen LogP contribution in [0.1, 0.15) is 89.9 Å². The van der Waals surface area contributed by atoms with E-state index in [9.17, 15) is 0 Å². The van der Waals surface area contributed by atoms with Gasteiger partial charge in [0.25, 0.3) is 0 Å². The van der Waals surface area contributed by atoms with Crippen molar-refractivity contribution in [3.8, 4) is 0 Å². The van der Waals surface area contributed by atoms with Crippen LogP contribution in [0.4, 0.5) is 0 Å². The molecule has 5 N–H and O–H groups in total. The molecule has 0 atom stereocenters. The summed E-state index contributed by atoms with van der Waals surface area (Å²) in [7, 11) is 0. The fourth-order valence-electron chi connectivity index (χ4n) is 5.30. The number of nitrogens with zero attached hydrogens (tertiary/aromatic N) is 1. The van der Waals surface area contributed by atoms with Gasteiger partial charge in [0.05, 0.1) is 0 Å². The van der Waals surface area contributed by atoms with Gasteiger partial charge in [0.15, 0.2) is 0 Å². The Bertz CT molecular complexity index is 309. The summed E-state index contributed by atoms with van der Waals surface area (Å²) in [4.78, 5) is 2.41. The molecule has 27 heavy (non-hydrogen) atoms. The van der Waals surface area contributed by atoms with Gasteiger partial charge in [-0.05, 0) is 37.5 Å². The zero-order valence-electron chi connectivity index (χ0n) is 18.0. The molecule has 0 aromatic carbocycles. The predicted molar refractivity (Wildman–Crippen MR) is 118 cm³/mol. The van der Waals surface area contributed by atoms with E-state index in [2.05, 4.69) is 10.2 Å². The van der Waals surface area contributed by atoms with Crippen molar-refractivity contribution in [2.45, 2.75) is 95.9 Å². The second-order valence-electron chi connectivity index (χ2n) is 9.23. The Morgan fingerprint density at radius 1 is 0.704 bits per heavy atom. The molecule has 0 bridgehead atoms. The Morgan fingerprint density at radius 2 is 1.19 bits per heavy atom. The summed E-state index contributed by atoms with van der Waals surface area (Å²) in [5.41, 5.74) is 11.5. The maximum atomic E-state index is 5.75. The zero-order chi connectivity index (χ0) is 19.2. The Hall–Kier alpha value is -0.160. The molecule has 2 rings (SSSR count). The van der Waals surface area contributed by atoms with Crippen molar-refractivity contribution in [1.82, 2.24) is 10.2 Å². The topological polar surface area (TPSA) is 67.3 Å². The number of nitrogens with two attached hydrogens (primary N) is 2. The fraction of sp³-hybridized carbons (Fsp3) is 1.00. The highest BCUT2D eigenvalue weighted by Crippen LogP contribution is 2.30. The molecular weight excluding hydrogens is 332 g/mol. The maximum Gasteiger partial charge on any atom is 0.0108 e. The van der Waals surface area contributed by atoms with Crippen LogP contribution in [0.25, 0.3) is 0 Å². The summed E-state index contributed by atoms with van der Waals surface area (Å²) in [5, 5.41) is 3.92. The van der Waals surface area contributed by atoms with Gasteiger partial charge >= 0.3 is 0 Å². The molecule has 0 radical (unpaired) electrons. The third kappa shape index (κ3) is 10.3. The summed E-state index contributed by atoms with van der Waals surface area (Å²) >= 11 is 0. The molecule has 0 aliphatic heterocycles. The van der Waals surface area contributed by atoms with Gasteiger partial charge in [-0.1, -0.05) is 64.2 Å². The third-order valence-electron chi connectivity index (χ3n) is 7.05. The Balaban J connectivity index is 1.72. The normalized spacial score (nSPS) is 20.0. The summed E-state index contributed by atoms with van der Waals surface area (Å²) < 4.78 is 0. The quantitative estimate of drug-likeness (QED) is 0.428. The van der Waals surface area contributed by atoms with Crippen LogP contribution < -0.4 is 16.8 Å². The van der Waals surface area contributed by atoms with Crippen LogP contribution in [0.5, 0.6) is 0 Å². The lowest BCUT2D eigenvalue weighted by atomic mass is 9.82. The van der Waals surface area contributed by atoms with Gasteiger partial charge < -0.3 is 16.8 Å². The van der Waals surface area contributed by atoms with Crippen molar-refractivity contribution in [1.29, 1.82) is 0 Å². The highest BCUT2D eigenvalue weighted by Gasteiger charge is 2.19. The van der Waals surface area contributed by atoms with Crippen LogP contribution in [0, 0.1) is 11.8 Å². The first-order valence-corrected chi connectivity index (χ1v) is 12.2. The van der Waals surface area contributed by atoms with E-state index in [0.29, 0.717) is 6.04 Å². The average molecular weight is 381 g/mol. The van der Waals surface area contributed by atoms with E-state index in [1.165, 1.54) is 89.9 Å². The van der Waals surface area contributed by atoms with Crippen molar-refractivity contribution >= 4 is 0 Å². The maximum absolute atomic E-state index is 5.75. The number of hydrogen-bond donors (Lipinski definition) is 3. The molecule has 4 heteroatoms. The SMILES string of the molecule is NCCN(CCN)CCNC(CCC1CCCCC1)CCC1CCCCC1. The van der Waals surface area contributed by atoms with Gasteiger partial charge in [0.1, 0.15) is 0 Å². The molecule has 0 unspecified atom stereocenters. The third-order valence-corrected chi connectivity index (χ3v) is 7.05. The first-order chi connectivity index (χ1) is 13.3. The molecule has 4 nitrogen and oxygen atoms in total. The molecule has 160 valence electrons. The number of hydrogen-bond acceptors (Lipinski definition) is 4. The van der Waals surface area contributed by atoms with Crippen LogP contribution in [0.2, 0.25) is 0 Å². The highest BCUT2D eigenvalue weighted by atomic mass is 15.1. The van der Waals surface area contributed by atoms with Gasteiger partial charge in [0.2, 0.25) is 0 Å². The Morgan fingerprint density at radius 3 is 1.63 bits per heavy atom. The van der Waals surface area contributed by atoms with Crippen molar-refractivity contribution in [3.05, 3.63) is 0 Å². The van der Waals surface area contributed by atoms with Crippen LogP contribution >= 0.6 is 0 Å². The van der Waals surface area contributed by atoms with Gasteiger partial charge in [-0.3, -0.25) is 4.90 Å². The standard InChI is InChI=1S/C23H48N4/c24-15-18-27(19-16-25)20-17-26-23(13-11-21-7-3-1-4-8-21)14-12-22-9-5-2-6-10-22/h21-23,26H,1-20,24-25H2. The second-order valence-corrected chi connectivity index (χ2v) is 9.23. The van der Waals surface area contributed by atoms with Gasteiger partial charge in [-0.2, -0.15) is 0 Å². The van der Waals surface area contributed by atoms with Crippen molar-refractivity contribution in [3.63, 3.8) is 0 Å². The number of rotatable bonds is 14. The monoisotopic (exact) mass is 380 g/mol. The first-order valence-electron chi connectivity index (χ1n) is 12.2. The lowest BCUT2D eigenvalue weighted by Crippen LogP contribution is -2.41. The Kier molecular flexibility index (Phi) is 12.7. The molecule has 0 aromatic rings. The minimum Gasteiger partial charge on any atom is -0.329 e.